The van der Waals surface area contributed by atoms with Gasteiger partial charge in [0.2, 0.25) is 28.6 Å². The highest BCUT2D eigenvalue weighted by molar-refractivity contribution is 8.15. The van der Waals surface area contributed by atoms with Crippen LogP contribution in [0.25, 0.3) is 0 Å². The summed E-state index contributed by atoms with van der Waals surface area (Å²) in [5, 5.41) is 43.9. The van der Waals surface area contributed by atoms with E-state index in [-0.39, 0.29) is 151 Å². The minimum absolute atomic E-state index is 0.0116. The number of imide groups is 2. The highest BCUT2D eigenvalue weighted by Gasteiger charge is 2.45. The monoisotopic (exact) mass is 2240 g/mol. The van der Waals surface area contributed by atoms with Crippen LogP contribution in [-0.2, 0) is 99.3 Å². The van der Waals surface area contributed by atoms with Crippen LogP contribution in [0.4, 0.5) is 14.4 Å². The van der Waals surface area contributed by atoms with Gasteiger partial charge in [0.1, 0.15) is 28.3 Å². The van der Waals surface area contributed by atoms with Gasteiger partial charge in [-0.25, -0.2) is 36.8 Å². The van der Waals surface area contributed by atoms with Crippen molar-refractivity contribution in [2.75, 3.05) is 32.1 Å². The summed E-state index contributed by atoms with van der Waals surface area (Å²) in [6.45, 7) is 88.9. The van der Waals surface area contributed by atoms with Gasteiger partial charge in [-0.2, -0.15) is 43.3 Å². The Morgan fingerprint density at radius 1 is 0.573 bits per heavy atom. The number of esters is 1. The molecule has 0 radical (unpaired) electrons. The molecular formula is C100H168N20O23S7. The average molecular weight is 2240 g/mol. The SMILES string of the molecule is C=C1CC(=O)N(C(C)(C)C)O1.C=C1CN(C(C)(C)C)S(=O)(=O)N1.C=S1(=O)CN(C(C)(C)C)C(=O)N1.CC(C)(C)C1=CCOC1=O.CC(C)(C)C1OC(=O)NC1=O.CC(C)(C)C1SC(=O)NC1=O.CC(C)(C)N1CC(=O)CC1=O.CC(C)(C)S(=O)(=O)C1=NN=CC1.CC(C)(C)S(=O)C1=NN=CC1.CC(C)(C)SC1=NN=CC1.CC(C)(C)SC1=NNCC1.CC(C)(C)c1cc(=O)c1=O.CC(C)(C)c1noc(=O)[nH]1.CC(C)N1N=CCC1=O. The second-order valence-electron chi connectivity index (χ2n) is 48.7. The number of cyclic esters (lactones) is 2. The molecule has 6 fully saturated rings. The Morgan fingerprint density at radius 2 is 1.11 bits per heavy atom. The standard InChI is InChI=1S/2C8H13NO2.C8H12O2.C8H10O2.2C7H14N2O2S.C7H12N2O2S.C7H12N2OS.C7H14N2S.C7H12N2S.C7H11NO3.C7H11NO2S.C6H10N2O2.C6H10N2O/c1-8(2,3)9-5-6(10)4-7(9)11;1-6-5-7(10)9(11-6)8(2,3)4;1-8(2,3)6-4-5-10-7(6)9;1-8(2,3)5-4-6(9)7(5)10;1-7(2,3)9-5-12(4,11)8-6(9)10;1-6-5-9(7(2,3)4)12(10,11)8-6;1-7(2,3)12(10,11)6-4-5-8-9-6;1-7(2,3)11(10)6-4-5-8-9-6;2*1-7(2,3)10-6-4-5-8-9-6;2*1-7(2,3)4-5(9)8-6(10)11-4;1-6(2,3)4-7-5(9)10-8-4;1-5(2)8-6(9)3-4-7-8/h4-5H2,1-3H3;1,5H2,2-4H3;4H,5H2,1-3H3;4H,1-3H3;4-5H2,1-3H3,(H,8,10,11);8H,1,5H2,2-4H3;5H,4H2,1-3H3;5H,4H2,1-3H3;8H,4-5H2,1-3H3;5H,4H2,1-3H3;2*4H,1-3H3,(H,8,9,10);1-3H3,(H,7,8,9);4-5H,3H2,1-2H3. The molecule has 1 aromatic carbocycles. The fraction of sp³-hybridized carbons (Fsp3) is 0.690. The molecule has 12 aliphatic rings. The number of urea groups is 1. The quantitative estimate of drug-likeness (QED) is 0.0668. The van der Waals surface area contributed by atoms with Crippen LogP contribution in [0.5, 0.6) is 0 Å². The van der Waals surface area contributed by atoms with Crippen LogP contribution >= 0.6 is 35.3 Å². The number of amides is 9. The van der Waals surface area contributed by atoms with Gasteiger partial charge in [-0.05, 0) is 173 Å². The van der Waals surface area contributed by atoms with Crippen molar-refractivity contribution in [1.29, 1.82) is 0 Å². The molecule has 848 valence electrons. The van der Waals surface area contributed by atoms with Crippen molar-refractivity contribution in [2.24, 2.45) is 57.1 Å². The number of carbonyl (C=O) groups is 10. The van der Waals surface area contributed by atoms with Crippen LogP contribution in [0.3, 0.4) is 0 Å². The molecule has 0 saturated carbocycles. The predicted octanol–water partition coefficient (Wildman–Crippen LogP) is 14.8. The van der Waals surface area contributed by atoms with Crippen LogP contribution in [0.1, 0.15) is 340 Å². The lowest BCUT2D eigenvalue weighted by molar-refractivity contribution is -0.176. The Balaban J connectivity index is 0.000000808. The zero-order valence-electron chi connectivity index (χ0n) is 95.8. The number of ether oxygens (including phenoxy) is 2. The first-order valence-corrected chi connectivity index (χ1v) is 56.9. The Morgan fingerprint density at radius 3 is 1.34 bits per heavy atom. The molecule has 4 atom stereocenters. The number of H-pyrrole nitrogens is 1. The van der Waals surface area contributed by atoms with Crippen LogP contribution in [0, 0.1) is 16.2 Å². The maximum Gasteiger partial charge on any atom is 0.438 e. The summed E-state index contributed by atoms with van der Waals surface area (Å²) in [6, 6.07) is 1.33. The molecule has 13 heterocycles. The second kappa shape index (κ2) is 55.2. The van der Waals surface area contributed by atoms with Crippen LogP contribution in [0.2, 0.25) is 0 Å². The second-order valence-corrected chi connectivity index (χ2v) is 62.2. The number of hydrazone groups is 2. The lowest BCUT2D eigenvalue weighted by Gasteiger charge is -2.30. The molecule has 0 aliphatic carbocycles. The fourth-order valence-corrected chi connectivity index (χ4v) is 20.4. The molecule has 43 nitrogen and oxygen atoms in total. The van der Waals surface area contributed by atoms with E-state index >= 15 is 0 Å². The zero-order valence-corrected chi connectivity index (χ0v) is 102. The van der Waals surface area contributed by atoms with E-state index in [2.05, 4.69) is 142 Å². The van der Waals surface area contributed by atoms with E-state index in [0.29, 0.717) is 78.0 Å². The number of Topliss-reactive ketones (excluding diaryl/α,β-unsaturated/α-hetero) is 1. The third-order valence-corrected chi connectivity index (χ3v) is 30.9. The molecule has 12 aliphatic heterocycles. The Bertz CT molecular complexity index is 5750. The highest BCUT2D eigenvalue weighted by atomic mass is 32.2. The van der Waals surface area contributed by atoms with E-state index in [1.807, 2.05) is 246 Å². The maximum absolute atomic E-state index is 11.6. The predicted molar refractivity (Wildman–Crippen MR) is 605 cm³/mol. The fourth-order valence-electron chi connectivity index (χ4n) is 12.3. The first-order chi connectivity index (χ1) is 67.3. The number of likely N-dealkylation sites (tertiary alicyclic amines) is 1. The normalized spacial score (nSPS) is 20.2. The molecule has 9 amide bonds. The number of aromatic nitrogens is 2. The maximum atomic E-state index is 11.6. The first kappa shape index (κ1) is 138. The van der Waals surface area contributed by atoms with Gasteiger partial charge in [0.15, 0.2) is 32.6 Å². The number of thioether (sulfide) groups is 3. The molecule has 1 aromatic heterocycles. The van der Waals surface area contributed by atoms with Gasteiger partial charge in [0, 0.05) is 122 Å². The summed E-state index contributed by atoms with van der Waals surface area (Å²) < 4.78 is 88.5. The summed E-state index contributed by atoms with van der Waals surface area (Å²) in [4.78, 5) is 152. The number of carbonyl (C=O) groups excluding carboxylic acids is 10. The van der Waals surface area contributed by atoms with Crippen molar-refractivity contribution in [3.8, 4) is 0 Å². The number of hydroxylamine groups is 2. The Hall–Kier alpha value is -10.0. The van der Waals surface area contributed by atoms with E-state index < -0.39 is 63.3 Å². The van der Waals surface area contributed by atoms with E-state index in [4.69, 9.17) is 14.3 Å². The molecule has 2 aromatic rings. The number of aromatic amines is 1. The minimum Gasteiger partial charge on any atom is -0.458 e. The number of nitrogens with zero attached hydrogens (tertiary/aromatic N) is 14. The van der Waals surface area contributed by atoms with E-state index in [9.17, 15) is 87.6 Å². The number of sulfone groups is 1. The third-order valence-electron chi connectivity index (χ3n) is 19.8. The third kappa shape index (κ3) is 49.4. The summed E-state index contributed by atoms with van der Waals surface area (Å²) in [5.41, 5.74) is 2.30. The van der Waals surface area contributed by atoms with Crippen molar-refractivity contribution in [3.05, 3.63) is 84.7 Å². The molecule has 0 bridgehead atoms. The highest BCUT2D eigenvalue weighted by Crippen LogP contribution is 2.36. The largest absolute Gasteiger partial charge is 0.458 e. The van der Waals surface area contributed by atoms with Crippen LogP contribution < -0.4 is 42.1 Å². The van der Waals surface area contributed by atoms with Crippen LogP contribution in [-0.4, -0.2) is 260 Å². The van der Waals surface area contributed by atoms with Crippen molar-refractivity contribution >= 4 is 185 Å². The number of hydrogen-bond donors (Lipinski definition) is 6. The number of hydrogen-bond acceptors (Lipinski definition) is 36. The Labute approximate surface area is 903 Å². The first-order valence-electron chi connectivity index (χ1n) is 48.4. The average Bonchev–Trinajstić information content (AvgIpc) is 1.77. The molecule has 14 rings (SSSR count). The number of alkyl carbamates (subject to hydrolysis) is 1. The topological polar surface area (TPSA) is 569 Å². The van der Waals surface area contributed by atoms with Crippen molar-refractivity contribution in [1.82, 2.24) is 59.8 Å². The number of rotatable bonds is 1. The summed E-state index contributed by atoms with van der Waals surface area (Å²) >= 11 is 4.72. The smallest absolute Gasteiger partial charge is 0.438 e. The number of ketones is 1. The Kier molecular flexibility index (Phi) is 50.8. The summed E-state index contributed by atoms with van der Waals surface area (Å²) in [5.74, 6) is 3.68. The van der Waals surface area contributed by atoms with Gasteiger partial charge in [0.05, 0.1) is 73.4 Å². The van der Waals surface area contributed by atoms with Gasteiger partial charge in [-0.1, -0.05) is 175 Å². The van der Waals surface area contributed by atoms with Crippen molar-refractivity contribution in [3.63, 3.8) is 0 Å². The van der Waals surface area contributed by atoms with Crippen molar-refractivity contribution in [2.45, 2.75) is 398 Å². The zero-order chi connectivity index (χ0) is 117. The molecule has 0 spiro atoms. The molecule has 6 N–H and O–H groups in total. The lowest BCUT2D eigenvalue weighted by atomic mass is 9.84. The van der Waals surface area contributed by atoms with Gasteiger partial charge >= 0.3 is 34.1 Å². The summed E-state index contributed by atoms with van der Waals surface area (Å²) in [6.07, 6.45) is 11.1. The van der Waals surface area contributed by atoms with E-state index in [1.54, 1.807) is 49.9 Å². The molecule has 6 saturated heterocycles. The lowest BCUT2D eigenvalue weighted by Crippen LogP contribution is -2.43. The van der Waals surface area contributed by atoms with E-state index in [0.717, 1.165) is 41.8 Å². The van der Waals surface area contributed by atoms with Gasteiger partial charge in [-0.15, -0.1) is 38.8 Å². The van der Waals surface area contributed by atoms with Gasteiger partial charge in [0.25, 0.3) is 17.1 Å². The summed E-state index contributed by atoms with van der Waals surface area (Å²) in [7, 11) is -9.95. The minimum atomic E-state index is -3.31. The van der Waals surface area contributed by atoms with Crippen molar-refractivity contribution < 1.29 is 92.0 Å². The molecule has 4 unspecified atom stereocenters. The van der Waals surface area contributed by atoms with E-state index in [1.165, 1.54) is 36.6 Å². The van der Waals surface area contributed by atoms with Gasteiger partial charge in [-0.3, -0.25) is 76.9 Å². The van der Waals surface area contributed by atoms with Gasteiger partial charge < -0.3 is 29.5 Å². The molecular weight excluding hydrogens is 2070 g/mol. The molecule has 50 heteroatoms. The van der Waals surface area contributed by atoms with Crippen LogP contribution in [0.15, 0.2) is 102 Å². The number of nitrogens with one attached hydrogen (secondary N) is 6. The molecule has 150 heavy (non-hydrogen) atoms.